The molecule has 0 fully saturated rings. The average Bonchev–Trinajstić information content (AvgIpc) is 2.67. The van der Waals surface area contributed by atoms with Crippen LogP contribution in [0.3, 0.4) is 0 Å². The third-order valence-electron chi connectivity index (χ3n) is 4.74. The number of ether oxygens (including phenoxy) is 1. The van der Waals surface area contributed by atoms with Crippen molar-refractivity contribution in [1.29, 1.82) is 0 Å². The lowest BCUT2D eigenvalue weighted by Crippen LogP contribution is -2.12. The largest absolute Gasteiger partial charge is 0.494 e. The van der Waals surface area contributed by atoms with Gasteiger partial charge >= 0.3 is 0 Å². The van der Waals surface area contributed by atoms with Gasteiger partial charge in [0, 0.05) is 0 Å². The Labute approximate surface area is 159 Å². The standard InChI is InChI=1S/C22H38O4/c1-2-3-4-5-6-7-11-18-22(25-26-23)19-12-8-9-15-20-24-21-16-13-10-14-17-21/h10,13-14,16-17,22-23H,2-9,11-12,15,18-20H2,1H3. The molecule has 0 aliphatic carbocycles. The van der Waals surface area contributed by atoms with Gasteiger partial charge in [0.2, 0.25) is 0 Å². The van der Waals surface area contributed by atoms with E-state index in [1.165, 1.54) is 38.5 Å². The van der Waals surface area contributed by atoms with Gasteiger partial charge < -0.3 is 4.74 Å². The Hall–Kier alpha value is -1.10. The molecule has 0 spiro atoms. The van der Waals surface area contributed by atoms with Crippen LogP contribution >= 0.6 is 0 Å². The van der Waals surface area contributed by atoms with E-state index >= 15 is 0 Å². The minimum absolute atomic E-state index is 0.0104. The monoisotopic (exact) mass is 366 g/mol. The molecule has 1 unspecified atom stereocenters. The van der Waals surface area contributed by atoms with Gasteiger partial charge in [-0.05, 0) is 31.4 Å². The van der Waals surface area contributed by atoms with Gasteiger partial charge in [-0.3, -0.25) is 0 Å². The molecule has 0 heterocycles. The minimum atomic E-state index is 0.0104. The zero-order chi connectivity index (χ0) is 18.7. The first-order valence-electron chi connectivity index (χ1n) is 10.5. The molecular weight excluding hydrogens is 328 g/mol. The molecular formula is C22H38O4. The second-order valence-electron chi connectivity index (χ2n) is 7.07. The summed E-state index contributed by atoms with van der Waals surface area (Å²) in [6, 6.07) is 9.95. The van der Waals surface area contributed by atoms with E-state index < -0.39 is 0 Å². The summed E-state index contributed by atoms with van der Waals surface area (Å²) < 4.78 is 5.69. The lowest BCUT2D eigenvalue weighted by atomic mass is 10.0. The van der Waals surface area contributed by atoms with Gasteiger partial charge in [0.25, 0.3) is 0 Å². The number of unbranched alkanes of at least 4 members (excludes halogenated alkanes) is 9. The molecule has 0 aliphatic heterocycles. The fourth-order valence-corrected chi connectivity index (χ4v) is 3.16. The highest BCUT2D eigenvalue weighted by Crippen LogP contribution is 2.16. The molecule has 0 aromatic heterocycles. The summed E-state index contributed by atoms with van der Waals surface area (Å²) >= 11 is 0. The van der Waals surface area contributed by atoms with E-state index in [1.54, 1.807) is 0 Å². The Balaban J connectivity index is 1.95. The van der Waals surface area contributed by atoms with Crippen molar-refractivity contribution in [3.63, 3.8) is 0 Å². The zero-order valence-corrected chi connectivity index (χ0v) is 16.5. The number of benzene rings is 1. The SMILES string of the molecule is CCCCCCCCCC(CCCCCCOc1ccccc1)OOO. The summed E-state index contributed by atoms with van der Waals surface area (Å²) in [5.74, 6) is 0.941. The summed E-state index contributed by atoms with van der Waals surface area (Å²) in [5, 5.41) is 12.5. The van der Waals surface area contributed by atoms with Gasteiger partial charge in [0.15, 0.2) is 0 Å². The second kappa shape index (κ2) is 17.3. The number of para-hydroxylation sites is 1. The molecule has 150 valence electrons. The van der Waals surface area contributed by atoms with Crippen LogP contribution in [-0.4, -0.2) is 18.0 Å². The molecule has 1 atom stereocenters. The minimum Gasteiger partial charge on any atom is -0.494 e. The van der Waals surface area contributed by atoms with Crippen molar-refractivity contribution in [2.75, 3.05) is 6.61 Å². The third-order valence-corrected chi connectivity index (χ3v) is 4.74. The van der Waals surface area contributed by atoms with Crippen LogP contribution in [-0.2, 0) is 9.93 Å². The maximum atomic E-state index is 8.58. The highest BCUT2D eigenvalue weighted by atomic mass is 17.5. The Bertz CT molecular complexity index is 396. The molecule has 0 saturated carbocycles. The third kappa shape index (κ3) is 13.2. The molecule has 0 aliphatic rings. The van der Waals surface area contributed by atoms with E-state index in [1.807, 2.05) is 30.3 Å². The van der Waals surface area contributed by atoms with Crippen LogP contribution in [0.25, 0.3) is 0 Å². The van der Waals surface area contributed by atoms with E-state index in [2.05, 4.69) is 12.0 Å². The summed E-state index contributed by atoms with van der Waals surface area (Å²) in [5.41, 5.74) is 0. The first-order chi connectivity index (χ1) is 12.9. The molecule has 1 rings (SSSR count). The van der Waals surface area contributed by atoms with E-state index in [-0.39, 0.29) is 6.10 Å². The lowest BCUT2D eigenvalue weighted by Gasteiger charge is -2.14. The fourth-order valence-electron chi connectivity index (χ4n) is 3.16. The lowest BCUT2D eigenvalue weighted by molar-refractivity contribution is -0.507. The fraction of sp³-hybridized carbons (Fsp3) is 0.727. The summed E-state index contributed by atoms with van der Waals surface area (Å²) in [6.07, 6.45) is 15.4. The van der Waals surface area contributed by atoms with Gasteiger partial charge in [-0.2, -0.15) is 0 Å². The van der Waals surface area contributed by atoms with Gasteiger partial charge in [0.1, 0.15) is 5.75 Å². The van der Waals surface area contributed by atoms with Crippen molar-refractivity contribution < 1.29 is 19.9 Å². The molecule has 1 N–H and O–H groups in total. The van der Waals surface area contributed by atoms with Crippen molar-refractivity contribution in [2.45, 2.75) is 96.5 Å². The van der Waals surface area contributed by atoms with Crippen LogP contribution in [0.4, 0.5) is 0 Å². The molecule has 0 radical (unpaired) electrons. The molecule has 0 bridgehead atoms. The molecule has 1 aromatic rings. The van der Waals surface area contributed by atoms with E-state index in [0.29, 0.717) is 0 Å². The highest BCUT2D eigenvalue weighted by molar-refractivity contribution is 5.20. The van der Waals surface area contributed by atoms with Crippen molar-refractivity contribution in [3.05, 3.63) is 30.3 Å². The van der Waals surface area contributed by atoms with Crippen LogP contribution in [0, 0.1) is 0 Å². The van der Waals surface area contributed by atoms with Crippen LogP contribution in [0.5, 0.6) is 5.75 Å². The predicted octanol–water partition coefficient (Wildman–Crippen LogP) is 6.95. The van der Waals surface area contributed by atoms with Crippen LogP contribution in [0.1, 0.15) is 90.4 Å². The van der Waals surface area contributed by atoms with E-state index in [9.17, 15) is 0 Å². The van der Waals surface area contributed by atoms with Gasteiger partial charge in [-0.1, -0.05) is 94.4 Å². The zero-order valence-electron chi connectivity index (χ0n) is 16.5. The van der Waals surface area contributed by atoms with Crippen molar-refractivity contribution in [3.8, 4) is 5.75 Å². The maximum Gasteiger partial charge on any atom is 0.119 e. The second-order valence-corrected chi connectivity index (χ2v) is 7.07. The first-order valence-corrected chi connectivity index (χ1v) is 10.5. The van der Waals surface area contributed by atoms with Crippen molar-refractivity contribution >= 4 is 0 Å². The number of hydrogen-bond donors (Lipinski definition) is 1. The quantitative estimate of drug-likeness (QED) is 0.173. The average molecular weight is 367 g/mol. The Kier molecular flexibility index (Phi) is 15.3. The highest BCUT2D eigenvalue weighted by Gasteiger charge is 2.10. The molecule has 26 heavy (non-hydrogen) atoms. The van der Waals surface area contributed by atoms with E-state index in [4.69, 9.17) is 14.9 Å². The number of rotatable bonds is 18. The Morgan fingerprint density at radius 3 is 1.96 bits per heavy atom. The predicted molar refractivity (Wildman–Crippen MR) is 106 cm³/mol. The molecule has 0 saturated heterocycles. The van der Waals surface area contributed by atoms with Gasteiger partial charge in [-0.25, -0.2) is 10.1 Å². The van der Waals surface area contributed by atoms with Crippen molar-refractivity contribution in [1.82, 2.24) is 0 Å². The molecule has 0 amide bonds. The molecule has 1 aromatic carbocycles. The van der Waals surface area contributed by atoms with Crippen molar-refractivity contribution in [2.24, 2.45) is 0 Å². The van der Waals surface area contributed by atoms with Crippen LogP contribution in [0.2, 0.25) is 0 Å². The van der Waals surface area contributed by atoms with E-state index in [0.717, 1.165) is 57.3 Å². The topological polar surface area (TPSA) is 47.9 Å². The first kappa shape index (κ1) is 22.9. The summed E-state index contributed by atoms with van der Waals surface area (Å²) in [6.45, 7) is 3.01. The Morgan fingerprint density at radius 1 is 0.769 bits per heavy atom. The Morgan fingerprint density at radius 2 is 1.35 bits per heavy atom. The summed E-state index contributed by atoms with van der Waals surface area (Å²) in [4.78, 5) is 5.00. The van der Waals surface area contributed by atoms with Crippen LogP contribution in [0.15, 0.2) is 30.3 Å². The van der Waals surface area contributed by atoms with Crippen LogP contribution < -0.4 is 4.74 Å². The van der Waals surface area contributed by atoms with Gasteiger partial charge in [0.05, 0.1) is 12.7 Å². The molecule has 4 heteroatoms. The van der Waals surface area contributed by atoms with Gasteiger partial charge in [-0.15, -0.1) is 0 Å². The smallest absolute Gasteiger partial charge is 0.119 e. The number of hydrogen-bond acceptors (Lipinski definition) is 4. The molecule has 4 nitrogen and oxygen atoms in total. The normalized spacial score (nSPS) is 12.2. The maximum absolute atomic E-state index is 8.58. The summed E-state index contributed by atoms with van der Waals surface area (Å²) in [7, 11) is 0.